The van der Waals surface area contributed by atoms with Gasteiger partial charge in [-0.05, 0) is 37.8 Å². The fourth-order valence-corrected chi connectivity index (χ4v) is 3.59. The van der Waals surface area contributed by atoms with Crippen molar-refractivity contribution in [1.29, 1.82) is 0 Å². The van der Waals surface area contributed by atoms with E-state index in [1.54, 1.807) is 12.1 Å². The van der Waals surface area contributed by atoms with Crippen LogP contribution >= 0.6 is 0 Å². The Balaban J connectivity index is 2.21. The first-order valence-electron chi connectivity index (χ1n) is 7.06. The molecule has 5 atom stereocenters. The van der Waals surface area contributed by atoms with Gasteiger partial charge < -0.3 is 9.84 Å². The Labute approximate surface area is 126 Å². The molecule has 1 aromatic rings. The van der Waals surface area contributed by atoms with Gasteiger partial charge in [-0.1, -0.05) is 31.5 Å². The number of hydrogen-bond acceptors (Lipinski definition) is 5. The van der Waals surface area contributed by atoms with Crippen molar-refractivity contribution >= 4 is 10.1 Å². The average molecular weight is 314 g/mol. The number of ether oxygens (including phenoxy) is 1. The topological polar surface area (TPSA) is 72.8 Å². The Morgan fingerprint density at radius 3 is 2.24 bits per heavy atom. The van der Waals surface area contributed by atoms with Crippen LogP contribution in [0.1, 0.15) is 26.3 Å². The maximum absolute atomic E-state index is 12.3. The van der Waals surface area contributed by atoms with E-state index in [0.717, 1.165) is 5.56 Å². The maximum Gasteiger partial charge on any atom is 0.297 e. The second-order valence-electron chi connectivity index (χ2n) is 5.78. The number of aryl methyl sites for hydroxylation is 1. The Morgan fingerprint density at radius 1 is 1.10 bits per heavy atom. The molecule has 6 heteroatoms. The summed E-state index contributed by atoms with van der Waals surface area (Å²) < 4.78 is 35.2. The molecule has 1 aliphatic heterocycles. The van der Waals surface area contributed by atoms with Crippen LogP contribution in [0.15, 0.2) is 29.2 Å². The molecule has 1 heterocycles. The lowest BCUT2D eigenvalue weighted by atomic mass is 9.84. The van der Waals surface area contributed by atoms with Crippen molar-refractivity contribution in [2.75, 3.05) is 0 Å². The van der Waals surface area contributed by atoms with Crippen LogP contribution in [0.5, 0.6) is 0 Å². The Bertz CT molecular complexity index is 581. The standard InChI is InChI=1S/C15H22O5S/c1-9-5-7-13(8-6-9)21(17,18)20-14-11(3)10(2)12(4)19-15(14)16/h5-8,10-12,14-16H,1-4H3. The van der Waals surface area contributed by atoms with Gasteiger partial charge in [-0.15, -0.1) is 0 Å². The van der Waals surface area contributed by atoms with Crippen LogP contribution in [-0.4, -0.2) is 32.0 Å². The van der Waals surface area contributed by atoms with Crippen molar-refractivity contribution < 1.29 is 22.4 Å². The number of aliphatic hydroxyl groups is 1. The van der Waals surface area contributed by atoms with Gasteiger partial charge in [0, 0.05) is 0 Å². The average Bonchev–Trinajstić information content (AvgIpc) is 2.42. The number of aliphatic hydroxyl groups excluding tert-OH is 1. The highest BCUT2D eigenvalue weighted by atomic mass is 32.2. The van der Waals surface area contributed by atoms with E-state index in [9.17, 15) is 13.5 Å². The van der Waals surface area contributed by atoms with Crippen molar-refractivity contribution in [2.45, 2.75) is 51.1 Å². The van der Waals surface area contributed by atoms with Crippen LogP contribution in [0, 0.1) is 18.8 Å². The van der Waals surface area contributed by atoms with E-state index in [4.69, 9.17) is 8.92 Å². The van der Waals surface area contributed by atoms with Crippen LogP contribution in [0.25, 0.3) is 0 Å². The van der Waals surface area contributed by atoms with Crippen LogP contribution in [0.4, 0.5) is 0 Å². The summed E-state index contributed by atoms with van der Waals surface area (Å²) in [5, 5.41) is 9.97. The first-order chi connectivity index (χ1) is 9.72. The summed E-state index contributed by atoms with van der Waals surface area (Å²) in [6, 6.07) is 6.41. The van der Waals surface area contributed by atoms with Gasteiger partial charge >= 0.3 is 0 Å². The fraction of sp³-hybridized carbons (Fsp3) is 0.600. The van der Waals surface area contributed by atoms with Gasteiger partial charge in [0.15, 0.2) is 6.29 Å². The highest BCUT2D eigenvalue weighted by Gasteiger charge is 2.42. The lowest BCUT2D eigenvalue weighted by molar-refractivity contribution is -0.237. The molecule has 0 aromatic heterocycles. The molecule has 0 saturated carbocycles. The zero-order valence-corrected chi connectivity index (χ0v) is 13.5. The molecule has 0 spiro atoms. The third kappa shape index (κ3) is 3.45. The lowest BCUT2D eigenvalue weighted by Gasteiger charge is -2.40. The van der Waals surface area contributed by atoms with E-state index >= 15 is 0 Å². The molecule has 1 aromatic carbocycles. The molecule has 1 N–H and O–H groups in total. The summed E-state index contributed by atoms with van der Waals surface area (Å²) in [6.45, 7) is 7.55. The molecule has 5 unspecified atom stereocenters. The van der Waals surface area contributed by atoms with Crippen molar-refractivity contribution in [3.05, 3.63) is 29.8 Å². The number of benzene rings is 1. The molecular weight excluding hydrogens is 292 g/mol. The van der Waals surface area contributed by atoms with E-state index in [-0.39, 0.29) is 22.8 Å². The minimum Gasteiger partial charge on any atom is -0.366 e. The lowest BCUT2D eigenvalue weighted by Crippen LogP contribution is -2.50. The zero-order valence-electron chi connectivity index (χ0n) is 12.7. The molecule has 1 aliphatic rings. The van der Waals surface area contributed by atoms with Crippen molar-refractivity contribution in [3.8, 4) is 0 Å². The second-order valence-corrected chi connectivity index (χ2v) is 7.35. The zero-order chi connectivity index (χ0) is 15.8. The van der Waals surface area contributed by atoms with Gasteiger partial charge in [0.2, 0.25) is 0 Å². The molecule has 1 saturated heterocycles. The molecule has 2 rings (SSSR count). The maximum atomic E-state index is 12.3. The predicted octanol–water partition coefficient (Wildman–Crippen LogP) is 2.08. The molecular formula is C15H22O5S. The quantitative estimate of drug-likeness (QED) is 0.865. The van der Waals surface area contributed by atoms with Crippen LogP contribution < -0.4 is 0 Å². The van der Waals surface area contributed by atoms with Crippen LogP contribution in [-0.2, 0) is 19.0 Å². The van der Waals surface area contributed by atoms with Gasteiger partial charge in [-0.3, -0.25) is 4.18 Å². The SMILES string of the molecule is Cc1ccc(S(=O)(=O)OC2C(O)OC(C)C(C)C2C)cc1. The van der Waals surface area contributed by atoms with Gasteiger partial charge in [-0.2, -0.15) is 8.42 Å². The van der Waals surface area contributed by atoms with E-state index in [2.05, 4.69) is 0 Å². The first-order valence-corrected chi connectivity index (χ1v) is 8.46. The summed E-state index contributed by atoms with van der Waals surface area (Å²) >= 11 is 0. The smallest absolute Gasteiger partial charge is 0.297 e. The molecule has 0 bridgehead atoms. The van der Waals surface area contributed by atoms with E-state index in [1.807, 2.05) is 27.7 Å². The summed E-state index contributed by atoms with van der Waals surface area (Å²) in [5.41, 5.74) is 0.964. The summed E-state index contributed by atoms with van der Waals surface area (Å²) in [7, 11) is -3.92. The Hall–Kier alpha value is -0.950. The summed E-state index contributed by atoms with van der Waals surface area (Å²) in [5.74, 6) is -0.0457. The molecule has 0 amide bonds. The first kappa shape index (κ1) is 16.4. The Kier molecular flexibility index (Phi) is 4.72. The fourth-order valence-electron chi connectivity index (χ4n) is 2.45. The molecule has 21 heavy (non-hydrogen) atoms. The van der Waals surface area contributed by atoms with Gasteiger partial charge in [0.05, 0.1) is 11.0 Å². The van der Waals surface area contributed by atoms with Crippen molar-refractivity contribution in [3.63, 3.8) is 0 Å². The molecule has 118 valence electrons. The Morgan fingerprint density at radius 2 is 1.67 bits per heavy atom. The van der Waals surface area contributed by atoms with Crippen LogP contribution in [0.3, 0.4) is 0 Å². The van der Waals surface area contributed by atoms with Gasteiger partial charge in [-0.25, -0.2) is 0 Å². The highest BCUT2D eigenvalue weighted by molar-refractivity contribution is 7.86. The highest BCUT2D eigenvalue weighted by Crippen LogP contribution is 2.33. The molecule has 1 fully saturated rings. The predicted molar refractivity (Wildman–Crippen MR) is 78.1 cm³/mol. The van der Waals surface area contributed by atoms with E-state index in [0.29, 0.717) is 0 Å². The van der Waals surface area contributed by atoms with Crippen molar-refractivity contribution in [2.24, 2.45) is 11.8 Å². The number of hydrogen-bond donors (Lipinski definition) is 1. The minimum absolute atomic E-state index is 0.0822. The van der Waals surface area contributed by atoms with E-state index < -0.39 is 22.5 Å². The largest absolute Gasteiger partial charge is 0.366 e. The minimum atomic E-state index is -3.92. The number of rotatable bonds is 3. The normalized spacial score (nSPS) is 33.9. The van der Waals surface area contributed by atoms with Gasteiger partial charge in [0.25, 0.3) is 10.1 Å². The second kappa shape index (κ2) is 6.04. The van der Waals surface area contributed by atoms with E-state index in [1.165, 1.54) is 12.1 Å². The molecule has 0 aliphatic carbocycles. The van der Waals surface area contributed by atoms with Crippen molar-refractivity contribution in [1.82, 2.24) is 0 Å². The van der Waals surface area contributed by atoms with Gasteiger partial charge in [0.1, 0.15) is 6.10 Å². The third-order valence-corrected chi connectivity index (χ3v) is 5.60. The van der Waals surface area contributed by atoms with Crippen LogP contribution in [0.2, 0.25) is 0 Å². The summed E-state index contributed by atoms with van der Waals surface area (Å²) in [6.07, 6.45) is -2.29. The third-order valence-electron chi connectivity index (χ3n) is 4.27. The summed E-state index contributed by atoms with van der Waals surface area (Å²) in [4.78, 5) is 0.0822. The molecule has 5 nitrogen and oxygen atoms in total. The monoisotopic (exact) mass is 314 g/mol. The molecule has 0 radical (unpaired) electrons.